The van der Waals surface area contributed by atoms with E-state index in [-0.39, 0.29) is 28.8 Å². The van der Waals surface area contributed by atoms with Crippen molar-refractivity contribution in [2.45, 2.75) is 38.1 Å². The molecule has 1 saturated carbocycles. The first-order valence-corrected chi connectivity index (χ1v) is 9.21. The Hall–Kier alpha value is -2.38. The number of carbonyl (C=O) groups excluding carboxylic acids is 2. The van der Waals surface area contributed by atoms with Crippen LogP contribution in [-0.2, 0) is 16.6 Å². The molecule has 0 unspecified atom stereocenters. The van der Waals surface area contributed by atoms with Crippen LogP contribution in [0.1, 0.15) is 42.6 Å². The van der Waals surface area contributed by atoms with Crippen LogP contribution < -0.4 is 0 Å². The number of rotatable bonds is 3. The van der Waals surface area contributed by atoms with E-state index in [9.17, 15) is 19.5 Å². The van der Waals surface area contributed by atoms with Gasteiger partial charge in [0.05, 0.1) is 0 Å². The summed E-state index contributed by atoms with van der Waals surface area (Å²) in [7, 11) is 1.73. The highest BCUT2D eigenvalue weighted by Gasteiger charge is 2.51. The number of aliphatic carboxylic acids is 1. The molecule has 3 fully saturated rings. The Balaban J connectivity index is 1.48. The van der Waals surface area contributed by atoms with Gasteiger partial charge < -0.3 is 14.9 Å². The van der Waals surface area contributed by atoms with E-state index >= 15 is 0 Å². The van der Waals surface area contributed by atoms with Gasteiger partial charge in [-0.25, -0.2) is 4.79 Å². The highest BCUT2D eigenvalue weighted by atomic mass is 16.4. The van der Waals surface area contributed by atoms with E-state index in [1.807, 2.05) is 4.90 Å². The van der Waals surface area contributed by atoms with Gasteiger partial charge in [-0.15, -0.1) is 0 Å². The molecular weight excluding hydrogens is 336 g/mol. The summed E-state index contributed by atoms with van der Waals surface area (Å²) in [6, 6.07) is 0.790. The second-order valence-electron chi connectivity index (χ2n) is 7.97. The van der Waals surface area contributed by atoms with Crippen molar-refractivity contribution in [1.82, 2.24) is 19.6 Å². The van der Waals surface area contributed by atoms with Crippen LogP contribution in [0.4, 0.5) is 0 Å². The number of hydrogen-bond donors (Lipinski definition) is 1. The molecule has 1 N–H and O–H groups in total. The minimum atomic E-state index is -0.970. The first kappa shape index (κ1) is 17.1. The van der Waals surface area contributed by atoms with Gasteiger partial charge in [0, 0.05) is 38.8 Å². The van der Waals surface area contributed by atoms with Crippen molar-refractivity contribution in [2.24, 2.45) is 18.4 Å². The van der Waals surface area contributed by atoms with Gasteiger partial charge in [0.25, 0.3) is 5.91 Å². The monoisotopic (exact) mass is 360 g/mol. The van der Waals surface area contributed by atoms with Gasteiger partial charge in [-0.05, 0) is 43.6 Å². The van der Waals surface area contributed by atoms with Crippen molar-refractivity contribution >= 4 is 17.8 Å². The molecule has 0 aromatic carbocycles. The largest absolute Gasteiger partial charge is 0.480 e. The summed E-state index contributed by atoms with van der Waals surface area (Å²) in [5.74, 6) is -0.843. The maximum absolute atomic E-state index is 12.8. The Kier molecular flexibility index (Phi) is 4.00. The van der Waals surface area contributed by atoms with Crippen LogP contribution in [0.15, 0.2) is 12.3 Å². The van der Waals surface area contributed by atoms with Crippen LogP contribution in [0.25, 0.3) is 0 Å². The molecule has 1 aromatic heterocycles. The quantitative estimate of drug-likeness (QED) is 0.858. The average molecular weight is 360 g/mol. The lowest BCUT2D eigenvalue weighted by molar-refractivity contribution is -0.141. The maximum Gasteiger partial charge on any atom is 0.326 e. The topological polar surface area (TPSA) is 95.7 Å². The molecule has 3 heterocycles. The van der Waals surface area contributed by atoms with E-state index in [1.165, 1.54) is 9.58 Å². The second-order valence-corrected chi connectivity index (χ2v) is 7.97. The van der Waals surface area contributed by atoms with Crippen molar-refractivity contribution < 1.29 is 19.5 Å². The molecule has 1 spiro atoms. The molecule has 0 radical (unpaired) electrons. The van der Waals surface area contributed by atoms with Gasteiger partial charge in [0.15, 0.2) is 0 Å². The van der Waals surface area contributed by atoms with E-state index < -0.39 is 12.0 Å². The van der Waals surface area contributed by atoms with Gasteiger partial charge in [0.1, 0.15) is 11.7 Å². The van der Waals surface area contributed by atoms with Gasteiger partial charge in [-0.1, -0.05) is 0 Å². The lowest BCUT2D eigenvalue weighted by Gasteiger charge is -2.39. The summed E-state index contributed by atoms with van der Waals surface area (Å²) in [6.45, 7) is 1.74. The van der Waals surface area contributed by atoms with Gasteiger partial charge >= 0.3 is 5.97 Å². The number of hydrogen-bond acceptors (Lipinski definition) is 4. The van der Waals surface area contributed by atoms with Crippen molar-refractivity contribution in [1.29, 1.82) is 0 Å². The van der Waals surface area contributed by atoms with Crippen molar-refractivity contribution in [3.8, 4) is 0 Å². The summed E-state index contributed by atoms with van der Waals surface area (Å²) in [6.07, 6.45) is 5.62. The molecule has 140 valence electrons. The average Bonchev–Trinajstić information content (AvgIpc) is 3.28. The molecule has 1 atom stereocenters. The molecule has 0 bridgehead atoms. The van der Waals surface area contributed by atoms with Crippen LogP contribution in [0.5, 0.6) is 0 Å². The number of likely N-dealkylation sites (tertiary alicyclic amines) is 2. The lowest BCUT2D eigenvalue weighted by Crippen LogP contribution is -2.45. The fourth-order valence-electron chi connectivity index (χ4n) is 4.32. The highest BCUT2D eigenvalue weighted by molar-refractivity contribution is 5.95. The van der Waals surface area contributed by atoms with Crippen LogP contribution in [0, 0.1) is 11.3 Å². The summed E-state index contributed by atoms with van der Waals surface area (Å²) < 4.78 is 1.54. The molecule has 8 heteroatoms. The van der Waals surface area contributed by atoms with E-state index in [4.69, 9.17) is 0 Å². The van der Waals surface area contributed by atoms with E-state index in [0.29, 0.717) is 26.1 Å². The second kappa shape index (κ2) is 6.10. The molecule has 2 amide bonds. The standard InChI is InChI=1S/C18H24N4O4/c1-20-7-4-13(19-20)16(24)22-11-18(10-14(22)17(25)26)5-8-21(9-6-18)15(23)12-2-3-12/h4,7,12,14H,2-3,5-6,8-11H2,1H3,(H,25,26)/t14-/m1/s1. The molecule has 3 aliphatic rings. The van der Waals surface area contributed by atoms with Crippen LogP contribution in [-0.4, -0.2) is 68.1 Å². The zero-order chi connectivity index (χ0) is 18.5. The Morgan fingerprint density at radius 2 is 1.92 bits per heavy atom. The van der Waals surface area contributed by atoms with Gasteiger partial charge in [-0.2, -0.15) is 5.10 Å². The predicted molar refractivity (Wildman–Crippen MR) is 91.3 cm³/mol. The number of carboxylic acids is 1. The number of amides is 2. The summed E-state index contributed by atoms with van der Waals surface area (Å²) >= 11 is 0. The lowest BCUT2D eigenvalue weighted by atomic mass is 9.76. The van der Waals surface area contributed by atoms with Crippen molar-refractivity contribution in [3.63, 3.8) is 0 Å². The molecule has 8 nitrogen and oxygen atoms in total. The zero-order valence-electron chi connectivity index (χ0n) is 14.9. The molecule has 26 heavy (non-hydrogen) atoms. The fourth-order valence-corrected chi connectivity index (χ4v) is 4.32. The number of nitrogens with zero attached hydrogens (tertiary/aromatic N) is 4. The zero-order valence-corrected chi connectivity index (χ0v) is 14.9. The number of aryl methyl sites for hydroxylation is 1. The third kappa shape index (κ3) is 2.97. The Morgan fingerprint density at radius 1 is 1.23 bits per heavy atom. The van der Waals surface area contributed by atoms with Crippen LogP contribution >= 0.6 is 0 Å². The summed E-state index contributed by atoms with van der Waals surface area (Å²) in [5, 5.41) is 13.8. The first-order chi connectivity index (χ1) is 12.4. The normalized spacial score (nSPS) is 24.9. The summed E-state index contributed by atoms with van der Waals surface area (Å²) in [5.41, 5.74) is 0.0607. The third-order valence-corrected chi connectivity index (χ3v) is 6.05. The first-order valence-electron chi connectivity index (χ1n) is 9.21. The number of aromatic nitrogens is 2. The van der Waals surface area contributed by atoms with Gasteiger partial charge in [-0.3, -0.25) is 14.3 Å². The number of carbonyl (C=O) groups is 3. The SMILES string of the molecule is Cn1ccc(C(=O)N2CC3(CCN(C(=O)C4CC4)CC3)C[C@@H]2C(=O)O)n1. The molecule has 2 saturated heterocycles. The predicted octanol–water partition coefficient (Wildman–Crippen LogP) is 0.738. The molecular formula is C18H24N4O4. The van der Waals surface area contributed by atoms with E-state index in [2.05, 4.69) is 5.10 Å². The molecule has 4 rings (SSSR count). The molecule has 2 aliphatic heterocycles. The number of carboxylic acid groups (broad SMARTS) is 1. The highest BCUT2D eigenvalue weighted by Crippen LogP contribution is 2.44. The minimum absolute atomic E-state index is 0.210. The maximum atomic E-state index is 12.8. The van der Waals surface area contributed by atoms with Crippen LogP contribution in [0.2, 0.25) is 0 Å². The van der Waals surface area contributed by atoms with Crippen molar-refractivity contribution in [3.05, 3.63) is 18.0 Å². The molecule has 1 aromatic rings. The Labute approximate surface area is 151 Å². The fraction of sp³-hybridized carbons (Fsp3) is 0.667. The van der Waals surface area contributed by atoms with E-state index in [0.717, 1.165) is 25.7 Å². The molecule has 1 aliphatic carbocycles. The van der Waals surface area contributed by atoms with Gasteiger partial charge in [0.2, 0.25) is 5.91 Å². The van der Waals surface area contributed by atoms with Crippen molar-refractivity contribution in [2.75, 3.05) is 19.6 Å². The Morgan fingerprint density at radius 3 is 2.46 bits per heavy atom. The Bertz CT molecular complexity index is 746. The third-order valence-electron chi connectivity index (χ3n) is 6.05. The summed E-state index contributed by atoms with van der Waals surface area (Å²) in [4.78, 5) is 40.2. The smallest absolute Gasteiger partial charge is 0.326 e. The number of piperidine rings is 1. The van der Waals surface area contributed by atoms with Crippen LogP contribution in [0.3, 0.4) is 0 Å². The van der Waals surface area contributed by atoms with E-state index in [1.54, 1.807) is 19.3 Å². The minimum Gasteiger partial charge on any atom is -0.480 e.